The van der Waals surface area contributed by atoms with Gasteiger partial charge < -0.3 is 20.7 Å². The lowest BCUT2D eigenvalue weighted by Gasteiger charge is -2.22. The summed E-state index contributed by atoms with van der Waals surface area (Å²) < 4.78 is 5.44. The average Bonchev–Trinajstić information content (AvgIpc) is 2.79. The number of amides is 1. The number of ether oxygens (including phenoxy) is 1. The fourth-order valence-electron chi connectivity index (χ4n) is 3.52. The van der Waals surface area contributed by atoms with Crippen LogP contribution in [0.2, 0.25) is 0 Å². The molecule has 2 aliphatic heterocycles. The van der Waals surface area contributed by atoms with Crippen molar-refractivity contribution in [3.05, 3.63) is 90.6 Å². The zero-order valence-electron chi connectivity index (χ0n) is 16.1. The van der Waals surface area contributed by atoms with Crippen molar-refractivity contribution in [3.63, 3.8) is 0 Å². The number of carbonyl (C=O) groups is 1. The Morgan fingerprint density at radius 2 is 1.83 bits per heavy atom. The number of hydrogen-bond acceptors (Lipinski definition) is 5. The molecule has 6 heteroatoms. The predicted molar refractivity (Wildman–Crippen MR) is 119 cm³/mol. The number of nitrogens with one attached hydrogen (secondary N) is 3. The Kier molecular flexibility index (Phi) is 4.65. The number of guanidine groups is 1. The SMILES string of the molecule is O=C1COc2ccc(C3C=CNC(Nc4cccc(-c5ccccc5)c4)=N3)cc2N1. The number of aliphatic imine (C=N–C) groups is 1. The Balaban J connectivity index is 1.37. The van der Waals surface area contributed by atoms with Crippen LogP contribution in [0.5, 0.6) is 5.75 Å². The van der Waals surface area contributed by atoms with Crippen LogP contribution >= 0.6 is 0 Å². The molecule has 1 atom stereocenters. The lowest BCUT2D eigenvalue weighted by molar-refractivity contribution is -0.118. The van der Waals surface area contributed by atoms with Gasteiger partial charge in [-0.25, -0.2) is 4.99 Å². The summed E-state index contributed by atoms with van der Waals surface area (Å²) in [5.41, 5.74) is 4.89. The fourth-order valence-corrected chi connectivity index (χ4v) is 3.52. The molecule has 148 valence electrons. The first kappa shape index (κ1) is 18.0. The monoisotopic (exact) mass is 396 g/mol. The summed E-state index contributed by atoms with van der Waals surface area (Å²) in [7, 11) is 0. The number of hydrogen-bond donors (Lipinski definition) is 3. The first-order chi connectivity index (χ1) is 14.7. The summed E-state index contributed by atoms with van der Waals surface area (Å²) in [6.07, 6.45) is 3.84. The molecule has 3 aromatic rings. The second kappa shape index (κ2) is 7.75. The summed E-state index contributed by atoms with van der Waals surface area (Å²) >= 11 is 0. The maximum atomic E-state index is 11.6. The zero-order chi connectivity index (χ0) is 20.3. The molecule has 6 nitrogen and oxygen atoms in total. The van der Waals surface area contributed by atoms with E-state index >= 15 is 0 Å². The normalized spacial score (nSPS) is 17.1. The van der Waals surface area contributed by atoms with Crippen molar-refractivity contribution in [2.45, 2.75) is 6.04 Å². The lowest BCUT2D eigenvalue weighted by Crippen LogP contribution is -2.29. The maximum absolute atomic E-state index is 11.6. The Hall–Kier alpha value is -4.06. The van der Waals surface area contributed by atoms with Gasteiger partial charge in [0.1, 0.15) is 5.75 Å². The van der Waals surface area contributed by atoms with Crippen molar-refractivity contribution in [2.24, 2.45) is 4.99 Å². The summed E-state index contributed by atoms with van der Waals surface area (Å²) in [5.74, 6) is 1.19. The van der Waals surface area contributed by atoms with Gasteiger partial charge in [0.25, 0.3) is 5.91 Å². The van der Waals surface area contributed by atoms with E-state index in [1.54, 1.807) is 0 Å². The van der Waals surface area contributed by atoms with Gasteiger partial charge in [-0.3, -0.25) is 4.79 Å². The molecule has 0 aromatic heterocycles. The molecule has 0 bridgehead atoms. The first-order valence-electron chi connectivity index (χ1n) is 9.75. The third-order valence-electron chi connectivity index (χ3n) is 4.98. The number of nitrogens with zero attached hydrogens (tertiary/aromatic N) is 1. The smallest absolute Gasteiger partial charge is 0.262 e. The van der Waals surface area contributed by atoms with E-state index in [1.807, 2.05) is 60.8 Å². The van der Waals surface area contributed by atoms with E-state index in [2.05, 4.69) is 40.2 Å². The van der Waals surface area contributed by atoms with Crippen LogP contribution < -0.4 is 20.7 Å². The maximum Gasteiger partial charge on any atom is 0.262 e. The highest BCUT2D eigenvalue weighted by Crippen LogP contribution is 2.32. The molecule has 3 N–H and O–H groups in total. The van der Waals surface area contributed by atoms with Crippen molar-refractivity contribution in [1.82, 2.24) is 5.32 Å². The highest BCUT2D eigenvalue weighted by Gasteiger charge is 2.19. The van der Waals surface area contributed by atoms with Crippen molar-refractivity contribution in [3.8, 4) is 16.9 Å². The molecule has 1 unspecified atom stereocenters. The van der Waals surface area contributed by atoms with E-state index in [0.717, 1.165) is 22.4 Å². The minimum Gasteiger partial charge on any atom is -0.482 e. The Morgan fingerprint density at radius 1 is 0.967 bits per heavy atom. The highest BCUT2D eigenvalue weighted by molar-refractivity contribution is 5.96. The predicted octanol–water partition coefficient (Wildman–Crippen LogP) is 4.31. The van der Waals surface area contributed by atoms with Gasteiger partial charge in [-0.1, -0.05) is 48.5 Å². The van der Waals surface area contributed by atoms with Crippen molar-refractivity contribution in [2.75, 3.05) is 17.2 Å². The lowest BCUT2D eigenvalue weighted by atomic mass is 10.0. The van der Waals surface area contributed by atoms with Gasteiger partial charge in [0.15, 0.2) is 6.61 Å². The van der Waals surface area contributed by atoms with E-state index in [1.165, 1.54) is 0 Å². The van der Waals surface area contributed by atoms with Crippen LogP contribution in [-0.2, 0) is 4.79 Å². The Bertz CT molecular complexity index is 1150. The van der Waals surface area contributed by atoms with E-state index in [4.69, 9.17) is 9.73 Å². The third-order valence-corrected chi connectivity index (χ3v) is 4.98. The van der Waals surface area contributed by atoms with Crippen LogP contribution in [-0.4, -0.2) is 18.5 Å². The van der Waals surface area contributed by atoms with Crippen molar-refractivity contribution < 1.29 is 9.53 Å². The molecule has 0 saturated heterocycles. The quantitative estimate of drug-likeness (QED) is 0.617. The van der Waals surface area contributed by atoms with Gasteiger partial charge >= 0.3 is 0 Å². The molecule has 2 heterocycles. The summed E-state index contributed by atoms with van der Waals surface area (Å²) in [4.78, 5) is 16.4. The van der Waals surface area contributed by atoms with E-state index in [0.29, 0.717) is 17.4 Å². The van der Waals surface area contributed by atoms with E-state index < -0.39 is 0 Å². The molecule has 0 spiro atoms. The van der Waals surface area contributed by atoms with E-state index in [-0.39, 0.29) is 18.6 Å². The molecule has 0 radical (unpaired) electrons. The van der Waals surface area contributed by atoms with Crippen LogP contribution in [0.25, 0.3) is 11.1 Å². The number of carbonyl (C=O) groups excluding carboxylic acids is 1. The van der Waals surface area contributed by atoms with Crippen molar-refractivity contribution in [1.29, 1.82) is 0 Å². The second-order valence-electron chi connectivity index (χ2n) is 7.09. The molecular weight excluding hydrogens is 376 g/mol. The molecule has 30 heavy (non-hydrogen) atoms. The summed E-state index contributed by atoms with van der Waals surface area (Å²) in [5, 5.41) is 9.36. The molecule has 1 amide bonds. The second-order valence-corrected chi connectivity index (χ2v) is 7.09. The molecule has 2 aliphatic rings. The number of rotatable bonds is 3. The largest absolute Gasteiger partial charge is 0.482 e. The minimum absolute atomic E-state index is 0.0495. The number of fused-ring (bicyclic) bond motifs is 1. The van der Waals surface area contributed by atoms with Gasteiger partial charge in [-0.05, 0) is 47.0 Å². The minimum atomic E-state index is -0.171. The average molecular weight is 396 g/mol. The number of benzene rings is 3. The highest BCUT2D eigenvalue weighted by atomic mass is 16.5. The Labute approximate surface area is 174 Å². The van der Waals surface area contributed by atoms with Gasteiger partial charge in [-0.2, -0.15) is 0 Å². The van der Waals surface area contributed by atoms with Gasteiger partial charge in [0, 0.05) is 11.9 Å². The van der Waals surface area contributed by atoms with Gasteiger partial charge in [0.05, 0.1) is 11.7 Å². The number of anilines is 2. The van der Waals surface area contributed by atoms with Crippen LogP contribution in [0.1, 0.15) is 11.6 Å². The summed E-state index contributed by atoms with van der Waals surface area (Å²) in [6, 6.07) is 24.0. The van der Waals surface area contributed by atoms with Crippen molar-refractivity contribution >= 4 is 23.2 Å². The van der Waals surface area contributed by atoms with Crippen LogP contribution in [0.3, 0.4) is 0 Å². The third kappa shape index (κ3) is 3.75. The van der Waals surface area contributed by atoms with E-state index in [9.17, 15) is 4.79 Å². The van der Waals surface area contributed by atoms with Crippen LogP contribution in [0.15, 0.2) is 90.1 Å². The molecule has 0 fully saturated rings. The molecule has 3 aromatic carbocycles. The van der Waals surface area contributed by atoms with Crippen LogP contribution in [0.4, 0.5) is 11.4 Å². The molecule has 5 rings (SSSR count). The fraction of sp³-hybridized carbons (Fsp3) is 0.0833. The molecule has 0 saturated carbocycles. The molecular formula is C24H20N4O2. The first-order valence-corrected chi connectivity index (χ1v) is 9.75. The van der Waals surface area contributed by atoms with Gasteiger partial charge in [-0.15, -0.1) is 0 Å². The van der Waals surface area contributed by atoms with Crippen LogP contribution in [0, 0.1) is 0 Å². The zero-order valence-corrected chi connectivity index (χ0v) is 16.1. The standard InChI is InChI=1S/C24H20N4O2/c29-23-15-30-22-10-9-18(14-21(22)27-23)20-11-12-25-24(28-20)26-19-8-4-7-17(13-19)16-5-2-1-3-6-16/h1-14,20H,15H2,(H,27,29)(H2,25,26,28). The summed E-state index contributed by atoms with van der Waals surface area (Å²) in [6.45, 7) is 0.0495. The molecule has 0 aliphatic carbocycles. The van der Waals surface area contributed by atoms with Gasteiger partial charge in [0.2, 0.25) is 5.96 Å². The Morgan fingerprint density at radius 3 is 2.73 bits per heavy atom. The topological polar surface area (TPSA) is 74.8 Å².